The molecule has 27 heavy (non-hydrogen) atoms. The highest BCUT2D eigenvalue weighted by Gasteiger charge is 2.32. The summed E-state index contributed by atoms with van der Waals surface area (Å²) in [6.07, 6.45) is 6.11. The number of hydrogen-bond acceptors (Lipinski definition) is 4. The molecule has 1 aliphatic heterocycles. The van der Waals surface area contributed by atoms with E-state index in [2.05, 4.69) is 21.1 Å². The fourth-order valence-electron chi connectivity index (χ4n) is 3.69. The molecular formula is C21H23N5O. The second-order valence-corrected chi connectivity index (χ2v) is 7.23. The smallest absolute Gasteiger partial charge is 0.230 e. The SMILES string of the molecule is Cc1nn(C)c(C)c1CN1C(=O)C(C)Cc2ncc(-c3cccnc3)cc21. The molecule has 0 aliphatic carbocycles. The van der Waals surface area contributed by atoms with Crippen molar-refractivity contribution in [3.8, 4) is 11.1 Å². The molecular weight excluding hydrogens is 338 g/mol. The van der Waals surface area contributed by atoms with Gasteiger partial charge in [-0.1, -0.05) is 13.0 Å². The van der Waals surface area contributed by atoms with E-state index in [-0.39, 0.29) is 11.8 Å². The van der Waals surface area contributed by atoms with Gasteiger partial charge in [0.15, 0.2) is 0 Å². The first-order chi connectivity index (χ1) is 13.0. The van der Waals surface area contributed by atoms with Crippen LogP contribution in [0.5, 0.6) is 0 Å². The summed E-state index contributed by atoms with van der Waals surface area (Å²) >= 11 is 0. The molecule has 1 aliphatic rings. The molecule has 0 fully saturated rings. The van der Waals surface area contributed by atoms with Gasteiger partial charge in [0.1, 0.15) is 0 Å². The maximum Gasteiger partial charge on any atom is 0.230 e. The largest absolute Gasteiger partial charge is 0.306 e. The number of aromatic nitrogens is 4. The Morgan fingerprint density at radius 2 is 2.04 bits per heavy atom. The van der Waals surface area contributed by atoms with Crippen LogP contribution in [0.25, 0.3) is 11.1 Å². The van der Waals surface area contributed by atoms with E-state index in [1.54, 1.807) is 6.20 Å². The highest BCUT2D eigenvalue weighted by molar-refractivity contribution is 5.98. The summed E-state index contributed by atoms with van der Waals surface area (Å²) in [4.78, 5) is 23.8. The maximum absolute atomic E-state index is 13.0. The standard InChI is InChI=1S/C21H23N5O/c1-13-8-19-20(9-17(11-23-19)16-6-5-7-22-10-16)26(21(13)27)12-18-14(2)24-25(4)15(18)3/h5-7,9-11,13H,8,12H2,1-4H3. The summed E-state index contributed by atoms with van der Waals surface area (Å²) in [5, 5.41) is 4.50. The van der Waals surface area contributed by atoms with Gasteiger partial charge >= 0.3 is 0 Å². The molecule has 0 spiro atoms. The number of carbonyl (C=O) groups is 1. The first-order valence-corrected chi connectivity index (χ1v) is 9.15. The number of rotatable bonds is 3. The van der Waals surface area contributed by atoms with Crippen LogP contribution in [0.3, 0.4) is 0 Å². The van der Waals surface area contributed by atoms with Crippen molar-refractivity contribution in [3.63, 3.8) is 0 Å². The first kappa shape index (κ1) is 17.4. The van der Waals surface area contributed by atoms with Gasteiger partial charge in [0, 0.05) is 60.4 Å². The van der Waals surface area contributed by atoms with Gasteiger partial charge in [-0.3, -0.25) is 19.4 Å². The zero-order valence-corrected chi connectivity index (χ0v) is 16.1. The zero-order chi connectivity index (χ0) is 19.1. The van der Waals surface area contributed by atoms with Crippen molar-refractivity contribution in [2.75, 3.05) is 4.90 Å². The van der Waals surface area contributed by atoms with E-state index < -0.39 is 0 Å². The van der Waals surface area contributed by atoms with Crippen LogP contribution >= 0.6 is 0 Å². The van der Waals surface area contributed by atoms with Crippen LogP contribution in [0, 0.1) is 19.8 Å². The summed E-state index contributed by atoms with van der Waals surface area (Å²) in [6.45, 7) is 6.52. The van der Waals surface area contributed by atoms with E-state index in [1.165, 1.54) is 0 Å². The van der Waals surface area contributed by atoms with E-state index in [0.717, 1.165) is 39.5 Å². The molecule has 0 radical (unpaired) electrons. The van der Waals surface area contributed by atoms with E-state index >= 15 is 0 Å². The van der Waals surface area contributed by atoms with Crippen molar-refractivity contribution in [2.24, 2.45) is 13.0 Å². The number of nitrogens with zero attached hydrogens (tertiary/aromatic N) is 5. The van der Waals surface area contributed by atoms with Crippen molar-refractivity contribution in [3.05, 3.63) is 59.4 Å². The molecule has 1 unspecified atom stereocenters. The summed E-state index contributed by atoms with van der Waals surface area (Å²) in [6, 6.07) is 5.97. The minimum absolute atomic E-state index is 0.0773. The van der Waals surface area contributed by atoms with Gasteiger partial charge in [-0.05, 0) is 26.0 Å². The molecule has 0 N–H and O–H groups in total. The van der Waals surface area contributed by atoms with E-state index in [1.807, 2.05) is 61.9 Å². The van der Waals surface area contributed by atoms with Crippen LogP contribution in [0.1, 0.15) is 29.6 Å². The Morgan fingerprint density at radius 3 is 2.70 bits per heavy atom. The molecule has 4 rings (SSSR count). The van der Waals surface area contributed by atoms with Gasteiger partial charge in [0.25, 0.3) is 0 Å². The van der Waals surface area contributed by atoms with Gasteiger partial charge in [-0.25, -0.2) is 0 Å². The van der Waals surface area contributed by atoms with Crippen molar-refractivity contribution in [1.29, 1.82) is 0 Å². The van der Waals surface area contributed by atoms with Crippen LogP contribution in [0.4, 0.5) is 5.69 Å². The zero-order valence-electron chi connectivity index (χ0n) is 16.1. The molecule has 3 aromatic rings. The third-order valence-corrected chi connectivity index (χ3v) is 5.40. The summed E-state index contributed by atoms with van der Waals surface area (Å²) in [5.41, 5.74) is 6.95. The molecule has 0 aromatic carbocycles. The van der Waals surface area contributed by atoms with Crippen LogP contribution in [0.2, 0.25) is 0 Å². The lowest BCUT2D eigenvalue weighted by molar-refractivity contribution is -0.122. The topological polar surface area (TPSA) is 63.9 Å². The van der Waals surface area contributed by atoms with E-state index in [4.69, 9.17) is 0 Å². The average Bonchev–Trinajstić information content (AvgIpc) is 2.91. The maximum atomic E-state index is 13.0. The molecule has 0 bridgehead atoms. The van der Waals surface area contributed by atoms with Gasteiger partial charge in [-0.15, -0.1) is 0 Å². The summed E-state index contributed by atoms with van der Waals surface area (Å²) < 4.78 is 1.87. The Labute approximate surface area is 158 Å². The second-order valence-electron chi connectivity index (χ2n) is 7.23. The number of fused-ring (bicyclic) bond motifs is 1. The van der Waals surface area contributed by atoms with Crippen LogP contribution in [-0.2, 0) is 24.8 Å². The number of aryl methyl sites for hydroxylation is 2. The lowest BCUT2D eigenvalue weighted by Gasteiger charge is -2.32. The van der Waals surface area contributed by atoms with Gasteiger partial charge in [0.2, 0.25) is 5.91 Å². The Morgan fingerprint density at radius 1 is 1.22 bits per heavy atom. The molecule has 1 atom stereocenters. The Bertz CT molecular complexity index is 1010. The Hall–Kier alpha value is -3.02. The number of hydrogen-bond donors (Lipinski definition) is 0. The number of carbonyl (C=O) groups excluding carboxylic acids is 1. The summed E-state index contributed by atoms with van der Waals surface area (Å²) in [7, 11) is 1.93. The van der Waals surface area contributed by atoms with Crippen LogP contribution in [-0.4, -0.2) is 25.7 Å². The molecule has 6 nitrogen and oxygen atoms in total. The number of amides is 1. The molecule has 3 aromatic heterocycles. The van der Waals surface area contributed by atoms with Crippen LogP contribution < -0.4 is 4.90 Å². The van der Waals surface area contributed by atoms with E-state index in [0.29, 0.717) is 13.0 Å². The van der Waals surface area contributed by atoms with Gasteiger partial charge < -0.3 is 4.90 Å². The molecule has 138 valence electrons. The highest BCUT2D eigenvalue weighted by atomic mass is 16.2. The number of anilines is 1. The minimum Gasteiger partial charge on any atom is -0.306 e. The normalized spacial score (nSPS) is 16.5. The lowest BCUT2D eigenvalue weighted by atomic mass is 9.95. The third kappa shape index (κ3) is 3.01. The second kappa shape index (κ2) is 6.61. The Balaban J connectivity index is 1.79. The average molecular weight is 361 g/mol. The third-order valence-electron chi connectivity index (χ3n) is 5.40. The van der Waals surface area contributed by atoms with Gasteiger partial charge in [0.05, 0.1) is 23.6 Å². The predicted molar refractivity (Wildman–Crippen MR) is 104 cm³/mol. The number of pyridine rings is 2. The lowest BCUT2D eigenvalue weighted by Crippen LogP contribution is -2.40. The van der Waals surface area contributed by atoms with Crippen molar-refractivity contribution in [1.82, 2.24) is 19.7 Å². The highest BCUT2D eigenvalue weighted by Crippen LogP contribution is 2.34. The molecule has 0 saturated carbocycles. The van der Waals surface area contributed by atoms with E-state index in [9.17, 15) is 4.79 Å². The Kier molecular flexibility index (Phi) is 4.26. The van der Waals surface area contributed by atoms with Crippen molar-refractivity contribution >= 4 is 11.6 Å². The molecule has 4 heterocycles. The van der Waals surface area contributed by atoms with Crippen LogP contribution in [0.15, 0.2) is 36.8 Å². The van der Waals surface area contributed by atoms with Crippen molar-refractivity contribution < 1.29 is 4.79 Å². The molecule has 6 heteroatoms. The monoisotopic (exact) mass is 361 g/mol. The fourth-order valence-corrected chi connectivity index (χ4v) is 3.69. The molecule has 1 amide bonds. The quantitative estimate of drug-likeness (QED) is 0.718. The fraction of sp³-hybridized carbons (Fsp3) is 0.333. The minimum atomic E-state index is -0.0773. The first-order valence-electron chi connectivity index (χ1n) is 9.15. The van der Waals surface area contributed by atoms with Crippen molar-refractivity contribution in [2.45, 2.75) is 33.7 Å². The van der Waals surface area contributed by atoms with Gasteiger partial charge in [-0.2, -0.15) is 5.10 Å². The predicted octanol–water partition coefficient (Wildman–Crippen LogP) is 3.22. The molecule has 0 saturated heterocycles. The summed E-state index contributed by atoms with van der Waals surface area (Å²) in [5.74, 6) is 0.0572.